The minimum absolute atomic E-state index is 0.127. The molecule has 0 saturated heterocycles. The maximum Gasteiger partial charge on any atom is 0.335 e. The van der Waals surface area contributed by atoms with Gasteiger partial charge in [-0.3, -0.25) is 9.36 Å². The first-order valence-electron chi connectivity index (χ1n) is 6.23. The highest BCUT2D eigenvalue weighted by Gasteiger charge is 2.10. The number of rotatable bonds is 6. The van der Waals surface area contributed by atoms with Gasteiger partial charge in [0, 0.05) is 13.0 Å². The number of fused-ring (bicyclic) bond motifs is 1. The molecule has 2 rings (SSSR count). The summed E-state index contributed by atoms with van der Waals surface area (Å²) >= 11 is 0. The summed E-state index contributed by atoms with van der Waals surface area (Å²) < 4.78 is 1.47. The molecule has 0 bridgehead atoms. The third kappa shape index (κ3) is 2.87. The quantitative estimate of drug-likeness (QED) is 0.673. The number of hydrogen-bond acceptors (Lipinski definition) is 3. The SMILES string of the molecule is NC(=O)CCCCn1c(=O)[nH]c2ccc(C(=O)O)cc21. The van der Waals surface area contributed by atoms with E-state index in [-0.39, 0.29) is 23.6 Å². The van der Waals surface area contributed by atoms with Crippen LogP contribution in [0.15, 0.2) is 23.0 Å². The number of aromatic amines is 1. The van der Waals surface area contributed by atoms with Gasteiger partial charge in [0.15, 0.2) is 0 Å². The van der Waals surface area contributed by atoms with Crippen molar-refractivity contribution in [2.24, 2.45) is 5.73 Å². The van der Waals surface area contributed by atoms with Crippen molar-refractivity contribution in [3.8, 4) is 0 Å². The Morgan fingerprint density at radius 3 is 2.70 bits per heavy atom. The van der Waals surface area contributed by atoms with Crippen molar-refractivity contribution in [1.82, 2.24) is 9.55 Å². The molecule has 2 aromatic rings. The number of hydrogen-bond donors (Lipinski definition) is 3. The summed E-state index contributed by atoms with van der Waals surface area (Å²) in [5.41, 5.74) is 6.03. The fourth-order valence-corrected chi connectivity index (χ4v) is 2.08. The lowest BCUT2D eigenvalue weighted by Gasteiger charge is -2.03. The van der Waals surface area contributed by atoms with Crippen molar-refractivity contribution < 1.29 is 14.7 Å². The number of imidazole rings is 1. The smallest absolute Gasteiger partial charge is 0.335 e. The number of amides is 1. The fourth-order valence-electron chi connectivity index (χ4n) is 2.08. The van der Waals surface area contributed by atoms with Crippen molar-refractivity contribution >= 4 is 22.9 Å². The van der Waals surface area contributed by atoms with Crippen molar-refractivity contribution in [2.45, 2.75) is 25.8 Å². The van der Waals surface area contributed by atoms with Gasteiger partial charge in [-0.2, -0.15) is 0 Å². The second-order valence-corrected chi connectivity index (χ2v) is 4.54. The van der Waals surface area contributed by atoms with E-state index >= 15 is 0 Å². The molecular weight excluding hydrogens is 262 g/mol. The van der Waals surface area contributed by atoms with Crippen LogP contribution in [-0.2, 0) is 11.3 Å². The maximum absolute atomic E-state index is 11.8. The zero-order chi connectivity index (χ0) is 14.7. The Bertz CT molecular complexity index is 714. The monoisotopic (exact) mass is 277 g/mol. The number of carbonyl (C=O) groups excluding carboxylic acids is 1. The molecule has 7 nitrogen and oxygen atoms in total. The van der Waals surface area contributed by atoms with Gasteiger partial charge in [0.1, 0.15) is 0 Å². The number of H-pyrrole nitrogens is 1. The van der Waals surface area contributed by atoms with Gasteiger partial charge in [0.25, 0.3) is 0 Å². The summed E-state index contributed by atoms with van der Waals surface area (Å²) in [5, 5.41) is 8.97. The molecular formula is C13H15N3O4. The van der Waals surface area contributed by atoms with Gasteiger partial charge in [0.2, 0.25) is 5.91 Å². The molecule has 0 aliphatic heterocycles. The zero-order valence-corrected chi connectivity index (χ0v) is 10.8. The summed E-state index contributed by atoms with van der Waals surface area (Å²) in [6, 6.07) is 4.47. The van der Waals surface area contributed by atoms with E-state index in [1.165, 1.54) is 16.7 Å². The predicted molar refractivity (Wildman–Crippen MR) is 72.6 cm³/mol. The Hall–Kier alpha value is -2.57. The number of carbonyl (C=O) groups is 2. The van der Waals surface area contributed by atoms with E-state index in [0.29, 0.717) is 30.4 Å². The Morgan fingerprint density at radius 1 is 1.30 bits per heavy atom. The summed E-state index contributed by atoms with van der Waals surface area (Å²) in [5.74, 6) is -1.41. The molecule has 1 aromatic carbocycles. The summed E-state index contributed by atoms with van der Waals surface area (Å²) in [4.78, 5) is 36.1. The van der Waals surface area contributed by atoms with Crippen LogP contribution >= 0.6 is 0 Å². The molecule has 7 heteroatoms. The summed E-state index contributed by atoms with van der Waals surface area (Å²) in [7, 11) is 0. The molecule has 1 aromatic heterocycles. The lowest BCUT2D eigenvalue weighted by molar-refractivity contribution is -0.118. The molecule has 4 N–H and O–H groups in total. The zero-order valence-electron chi connectivity index (χ0n) is 10.8. The van der Waals surface area contributed by atoms with Gasteiger partial charge in [-0.15, -0.1) is 0 Å². The minimum Gasteiger partial charge on any atom is -0.478 e. The molecule has 106 valence electrons. The number of benzene rings is 1. The third-order valence-corrected chi connectivity index (χ3v) is 3.08. The molecule has 0 aliphatic rings. The standard InChI is InChI=1S/C13H15N3O4/c14-11(17)3-1-2-6-16-10-7-8(12(18)19)4-5-9(10)15-13(16)20/h4-5,7H,1-3,6H2,(H2,14,17)(H,15,20)(H,18,19). The third-order valence-electron chi connectivity index (χ3n) is 3.08. The first-order valence-corrected chi connectivity index (χ1v) is 6.23. The van der Waals surface area contributed by atoms with E-state index in [2.05, 4.69) is 4.98 Å². The average molecular weight is 277 g/mol. The molecule has 0 atom stereocenters. The van der Waals surface area contributed by atoms with Crippen LogP contribution in [0.5, 0.6) is 0 Å². The van der Waals surface area contributed by atoms with Crippen LogP contribution in [0.25, 0.3) is 11.0 Å². The summed E-state index contributed by atoms with van der Waals surface area (Å²) in [6.07, 6.45) is 1.48. The number of nitrogens with zero attached hydrogens (tertiary/aromatic N) is 1. The van der Waals surface area contributed by atoms with Crippen LogP contribution in [0.1, 0.15) is 29.6 Å². The van der Waals surface area contributed by atoms with Gasteiger partial charge in [-0.25, -0.2) is 9.59 Å². The van der Waals surface area contributed by atoms with E-state index in [0.717, 1.165) is 0 Å². The first kappa shape index (κ1) is 13.9. The largest absolute Gasteiger partial charge is 0.478 e. The molecule has 0 spiro atoms. The van der Waals surface area contributed by atoms with Crippen molar-refractivity contribution in [3.05, 3.63) is 34.2 Å². The highest BCUT2D eigenvalue weighted by atomic mass is 16.4. The second-order valence-electron chi connectivity index (χ2n) is 4.54. The number of nitrogens with two attached hydrogens (primary N) is 1. The van der Waals surface area contributed by atoms with Gasteiger partial charge in [-0.1, -0.05) is 0 Å². The fraction of sp³-hybridized carbons (Fsp3) is 0.308. The highest BCUT2D eigenvalue weighted by Crippen LogP contribution is 2.14. The van der Waals surface area contributed by atoms with Crippen LogP contribution in [0.3, 0.4) is 0 Å². The topological polar surface area (TPSA) is 118 Å². The van der Waals surface area contributed by atoms with Crippen LogP contribution in [-0.4, -0.2) is 26.5 Å². The minimum atomic E-state index is -1.04. The average Bonchev–Trinajstić information content (AvgIpc) is 2.69. The Kier molecular flexibility index (Phi) is 3.88. The van der Waals surface area contributed by atoms with Crippen LogP contribution in [0.4, 0.5) is 0 Å². The second kappa shape index (κ2) is 5.60. The number of aryl methyl sites for hydroxylation is 1. The van der Waals surface area contributed by atoms with Crippen LogP contribution < -0.4 is 11.4 Å². The lowest BCUT2D eigenvalue weighted by Crippen LogP contribution is -2.17. The van der Waals surface area contributed by atoms with E-state index in [1.54, 1.807) is 6.07 Å². The lowest BCUT2D eigenvalue weighted by atomic mass is 10.2. The molecule has 0 saturated carbocycles. The van der Waals surface area contributed by atoms with E-state index < -0.39 is 5.97 Å². The molecule has 0 aliphatic carbocycles. The normalized spacial score (nSPS) is 10.8. The number of aromatic nitrogens is 2. The number of nitrogens with one attached hydrogen (secondary N) is 1. The van der Waals surface area contributed by atoms with Crippen LogP contribution in [0.2, 0.25) is 0 Å². The Balaban J connectivity index is 2.25. The highest BCUT2D eigenvalue weighted by molar-refractivity contribution is 5.92. The van der Waals surface area contributed by atoms with Crippen molar-refractivity contribution in [3.63, 3.8) is 0 Å². The number of aromatic carboxylic acids is 1. The summed E-state index contributed by atoms with van der Waals surface area (Å²) in [6.45, 7) is 0.412. The molecule has 0 unspecified atom stereocenters. The van der Waals surface area contributed by atoms with Crippen molar-refractivity contribution in [1.29, 1.82) is 0 Å². The number of carboxylic acid groups (broad SMARTS) is 1. The molecule has 0 fully saturated rings. The maximum atomic E-state index is 11.8. The van der Waals surface area contributed by atoms with Gasteiger partial charge < -0.3 is 15.8 Å². The molecule has 0 radical (unpaired) electrons. The van der Waals surface area contributed by atoms with Gasteiger partial charge in [0.05, 0.1) is 16.6 Å². The van der Waals surface area contributed by atoms with Crippen LogP contribution in [0, 0.1) is 0 Å². The number of carboxylic acids is 1. The molecule has 20 heavy (non-hydrogen) atoms. The van der Waals surface area contributed by atoms with E-state index in [1.807, 2.05) is 0 Å². The predicted octanol–water partition coefficient (Wildman–Crippen LogP) is 0.683. The van der Waals surface area contributed by atoms with Gasteiger partial charge >= 0.3 is 11.7 Å². The Labute approximate surface area is 114 Å². The Morgan fingerprint density at radius 2 is 2.05 bits per heavy atom. The van der Waals surface area contributed by atoms with E-state index in [4.69, 9.17) is 10.8 Å². The van der Waals surface area contributed by atoms with E-state index in [9.17, 15) is 14.4 Å². The number of primary amides is 1. The number of unbranched alkanes of at least 4 members (excludes halogenated alkanes) is 1. The molecule has 1 heterocycles. The van der Waals surface area contributed by atoms with Gasteiger partial charge in [-0.05, 0) is 31.0 Å². The first-order chi connectivity index (χ1) is 9.49. The van der Waals surface area contributed by atoms with Crippen molar-refractivity contribution in [2.75, 3.05) is 0 Å². The molecule has 1 amide bonds.